The zero-order chi connectivity index (χ0) is 20.9. The molecule has 160 valence electrons. The minimum Gasteiger partial charge on any atom is -0.452 e. The van der Waals surface area contributed by atoms with Crippen LogP contribution in [-0.4, -0.2) is 43.8 Å². The van der Waals surface area contributed by atoms with Crippen molar-refractivity contribution in [1.82, 2.24) is 4.31 Å². The molecule has 0 spiro atoms. The average Bonchev–Trinajstić information content (AvgIpc) is 2.75. The van der Waals surface area contributed by atoms with Crippen molar-refractivity contribution in [2.75, 3.05) is 18.4 Å². The minimum atomic E-state index is -3.50. The quantitative estimate of drug-likeness (QED) is 0.710. The summed E-state index contributed by atoms with van der Waals surface area (Å²) in [5.74, 6) is -0.852. The lowest BCUT2D eigenvalue weighted by molar-refractivity contribution is -0.158. The molecule has 0 aromatic heterocycles. The van der Waals surface area contributed by atoms with Gasteiger partial charge in [-0.25, -0.2) is 8.42 Å². The van der Waals surface area contributed by atoms with Gasteiger partial charge in [0, 0.05) is 18.8 Å². The summed E-state index contributed by atoms with van der Waals surface area (Å²) in [6.45, 7) is 2.64. The third-order valence-corrected chi connectivity index (χ3v) is 7.59. The molecular weight excluding hydrogens is 392 g/mol. The molecule has 1 saturated heterocycles. The van der Waals surface area contributed by atoms with Crippen molar-refractivity contribution in [2.24, 2.45) is 5.92 Å². The maximum Gasteiger partial charge on any atom is 0.309 e. The smallest absolute Gasteiger partial charge is 0.309 e. The van der Waals surface area contributed by atoms with Gasteiger partial charge < -0.3 is 10.1 Å². The van der Waals surface area contributed by atoms with E-state index >= 15 is 0 Å². The Hall–Kier alpha value is -1.93. The SMILES string of the molecule is CC(OC(=O)C1CCCCC1)C(=O)Nc1ccc(S(=O)(=O)N2CCCCC2)cc1. The van der Waals surface area contributed by atoms with Crippen LogP contribution in [0.4, 0.5) is 5.69 Å². The minimum absolute atomic E-state index is 0.113. The van der Waals surface area contributed by atoms with E-state index in [-0.39, 0.29) is 16.8 Å². The van der Waals surface area contributed by atoms with E-state index in [1.165, 1.54) is 16.4 Å². The number of sulfonamides is 1. The number of amides is 1. The number of benzene rings is 1. The van der Waals surface area contributed by atoms with Gasteiger partial charge in [0.15, 0.2) is 6.10 Å². The Morgan fingerprint density at radius 1 is 1.00 bits per heavy atom. The van der Waals surface area contributed by atoms with Gasteiger partial charge in [-0.2, -0.15) is 4.31 Å². The van der Waals surface area contributed by atoms with Gasteiger partial charge in [0.25, 0.3) is 5.91 Å². The molecule has 1 heterocycles. The topological polar surface area (TPSA) is 92.8 Å². The molecule has 0 radical (unpaired) electrons. The Morgan fingerprint density at radius 3 is 2.21 bits per heavy atom. The second kappa shape index (κ2) is 9.71. The van der Waals surface area contributed by atoms with Gasteiger partial charge in [0.2, 0.25) is 10.0 Å². The second-order valence-electron chi connectivity index (χ2n) is 7.89. The summed E-state index contributed by atoms with van der Waals surface area (Å²) in [6.07, 6.45) is 6.74. The first kappa shape index (κ1) is 21.8. The summed E-state index contributed by atoms with van der Waals surface area (Å²) in [4.78, 5) is 24.8. The Kier molecular flexibility index (Phi) is 7.29. The summed E-state index contributed by atoms with van der Waals surface area (Å²) in [6, 6.07) is 6.12. The predicted octanol–water partition coefficient (Wildman–Crippen LogP) is 3.31. The number of ether oxygens (including phenoxy) is 1. The van der Waals surface area contributed by atoms with Crippen molar-refractivity contribution in [3.8, 4) is 0 Å². The number of carbonyl (C=O) groups is 2. The van der Waals surface area contributed by atoms with Crippen LogP contribution in [0.2, 0.25) is 0 Å². The second-order valence-corrected chi connectivity index (χ2v) is 9.83. The number of anilines is 1. The molecule has 1 aliphatic heterocycles. The Bertz CT molecular complexity index is 810. The summed E-state index contributed by atoms with van der Waals surface area (Å²) >= 11 is 0. The van der Waals surface area contributed by atoms with E-state index in [0.29, 0.717) is 18.8 Å². The Balaban J connectivity index is 1.55. The molecule has 1 aromatic rings. The van der Waals surface area contributed by atoms with E-state index in [9.17, 15) is 18.0 Å². The highest BCUT2D eigenvalue weighted by Gasteiger charge is 2.27. The number of nitrogens with one attached hydrogen (secondary N) is 1. The maximum absolute atomic E-state index is 12.7. The summed E-state index contributed by atoms with van der Waals surface area (Å²) in [7, 11) is -3.50. The lowest BCUT2D eigenvalue weighted by atomic mass is 9.89. The van der Waals surface area contributed by atoms with Gasteiger partial charge in [-0.1, -0.05) is 25.7 Å². The molecule has 1 aromatic carbocycles. The molecule has 2 fully saturated rings. The fraction of sp³-hybridized carbons (Fsp3) is 0.619. The number of carbonyl (C=O) groups excluding carboxylic acids is 2. The average molecular weight is 423 g/mol. The number of esters is 1. The van der Waals surface area contributed by atoms with Crippen LogP contribution in [0.5, 0.6) is 0 Å². The standard InChI is InChI=1S/C21H30N2O5S/c1-16(28-21(25)17-8-4-2-5-9-17)20(24)22-18-10-12-19(13-11-18)29(26,27)23-14-6-3-7-15-23/h10-13,16-17H,2-9,14-15H2,1H3,(H,22,24). The van der Waals surface area contributed by atoms with Crippen molar-refractivity contribution >= 4 is 27.6 Å². The van der Waals surface area contributed by atoms with Crippen molar-refractivity contribution < 1.29 is 22.7 Å². The van der Waals surface area contributed by atoms with Crippen molar-refractivity contribution in [1.29, 1.82) is 0 Å². The predicted molar refractivity (Wildman–Crippen MR) is 110 cm³/mol. The molecule has 3 rings (SSSR count). The van der Waals surface area contributed by atoms with Crippen LogP contribution in [0.3, 0.4) is 0 Å². The largest absolute Gasteiger partial charge is 0.452 e. The van der Waals surface area contributed by atoms with Crippen LogP contribution in [0.15, 0.2) is 29.2 Å². The van der Waals surface area contributed by atoms with Crippen LogP contribution in [0.1, 0.15) is 58.3 Å². The number of nitrogens with zero attached hydrogens (tertiary/aromatic N) is 1. The molecule has 1 aliphatic carbocycles. The summed E-state index contributed by atoms with van der Waals surface area (Å²) < 4.78 is 32.2. The summed E-state index contributed by atoms with van der Waals surface area (Å²) in [5, 5.41) is 2.68. The third kappa shape index (κ3) is 5.57. The number of rotatable bonds is 6. The molecular formula is C21H30N2O5S. The highest BCUT2D eigenvalue weighted by molar-refractivity contribution is 7.89. The van der Waals surface area contributed by atoms with E-state index in [2.05, 4.69) is 5.32 Å². The molecule has 8 heteroatoms. The van der Waals surface area contributed by atoms with E-state index in [4.69, 9.17) is 4.74 Å². The molecule has 1 N–H and O–H groups in total. The van der Waals surface area contributed by atoms with Crippen LogP contribution in [-0.2, 0) is 24.3 Å². The third-order valence-electron chi connectivity index (χ3n) is 5.68. The van der Waals surface area contributed by atoms with Crippen LogP contribution in [0.25, 0.3) is 0 Å². The van der Waals surface area contributed by atoms with Gasteiger partial charge in [-0.05, 0) is 56.9 Å². The molecule has 2 aliphatic rings. The van der Waals surface area contributed by atoms with E-state index in [1.807, 2.05) is 0 Å². The first-order valence-electron chi connectivity index (χ1n) is 10.5. The van der Waals surface area contributed by atoms with Gasteiger partial charge in [0.05, 0.1) is 10.8 Å². The molecule has 7 nitrogen and oxygen atoms in total. The van der Waals surface area contributed by atoms with Gasteiger partial charge in [0.1, 0.15) is 0 Å². The summed E-state index contributed by atoms with van der Waals surface area (Å²) in [5.41, 5.74) is 0.466. The highest BCUT2D eigenvalue weighted by atomic mass is 32.2. The first-order valence-corrected chi connectivity index (χ1v) is 11.9. The van der Waals surface area contributed by atoms with Crippen LogP contribution in [0, 0.1) is 5.92 Å². The number of piperidine rings is 1. The van der Waals surface area contributed by atoms with E-state index in [0.717, 1.165) is 51.4 Å². The Labute approximate surface area is 172 Å². The van der Waals surface area contributed by atoms with Gasteiger partial charge in [-0.15, -0.1) is 0 Å². The van der Waals surface area contributed by atoms with Crippen molar-refractivity contribution in [2.45, 2.75) is 69.3 Å². The monoisotopic (exact) mass is 422 g/mol. The van der Waals surface area contributed by atoms with Crippen molar-refractivity contribution in [3.05, 3.63) is 24.3 Å². The zero-order valence-corrected chi connectivity index (χ0v) is 17.7. The lowest BCUT2D eigenvalue weighted by Gasteiger charge is -2.26. The molecule has 1 unspecified atom stereocenters. The zero-order valence-electron chi connectivity index (χ0n) is 16.9. The Morgan fingerprint density at radius 2 is 1.59 bits per heavy atom. The molecule has 0 bridgehead atoms. The van der Waals surface area contributed by atoms with Gasteiger partial charge in [-0.3, -0.25) is 9.59 Å². The molecule has 29 heavy (non-hydrogen) atoms. The van der Waals surface area contributed by atoms with Gasteiger partial charge >= 0.3 is 5.97 Å². The number of hydrogen-bond donors (Lipinski definition) is 1. The van der Waals surface area contributed by atoms with Crippen LogP contribution < -0.4 is 5.32 Å². The fourth-order valence-corrected chi connectivity index (χ4v) is 5.39. The highest BCUT2D eigenvalue weighted by Crippen LogP contribution is 2.25. The number of hydrogen-bond acceptors (Lipinski definition) is 5. The maximum atomic E-state index is 12.7. The molecule has 1 amide bonds. The normalized spacial score (nSPS) is 20.0. The van der Waals surface area contributed by atoms with E-state index in [1.54, 1.807) is 19.1 Å². The first-order chi connectivity index (χ1) is 13.9. The van der Waals surface area contributed by atoms with Crippen LogP contribution >= 0.6 is 0 Å². The molecule has 1 atom stereocenters. The fourth-order valence-electron chi connectivity index (χ4n) is 3.87. The lowest BCUT2D eigenvalue weighted by Crippen LogP contribution is -2.35. The van der Waals surface area contributed by atoms with Crippen molar-refractivity contribution in [3.63, 3.8) is 0 Å². The molecule has 1 saturated carbocycles. The van der Waals surface area contributed by atoms with E-state index < -0.39 is 22.0 Å².